The summed E-state index contributed by atoms with van der Waals surface area (Å²) in [5.74, 6) is -0.384. The predicted octanol–water partition coefficient (Wildman–Crippen LogP) is 20.9. The number of unbranched alkanes of at least 4 members (excludes halogenated alkanes) is 40. The Kier molecular flexibility index (Phi) is 57.8. The molecular formula is C63H118O5. The highest BCUT2D eigenvalue weighted by molar-refractivity contribution is 5.70. The minimum Gasteiger partial charge on any atom is -0.462 e. The quantitative estimate of drug-likeness (QED) is 0.0345. The van der Waals surface area contributed by atoms with Crippen LogP contribution in [0.2, 0.25) is 0 Å². The summed E-state index contributed by atoms with van der Waals surface area (Å²) in [6.07, 6.45) is 73.2. The van der Waals surface area contributed by atoms with Crippen molar-refractivity contribution in [1.82, 2.24) is 0 Å². The van der Waals surface area contributed by atoms with Gasteiger partial charge in [0.2, 0.25) is 0 Å². The van der Waals surface area contributed by atoms with Crippen LogP contribution in [-0.2, 0) is 23.8 Å². The van der Waals surface area contributed by atoms with Crippen LogP contribution < -0.4 is 0 Å². The average Bonchev–Trinajstić information content (AvgIpc) is 3.34. The number of hydrogen-bond donors (Lipinski definition) is 0. The van der Waals surface area contributed by atoms with Gasteiger partial charge in [0.1, 0.15) is 6.61 Å². The molecule has 0 N–H and O–H groups in total. The number of rotatable bonds is 57. The van der Waals surface area contributed by atoms with E-state index in [0.29, 0.717) is 26.1 Å². The average molecular weight is 956 g/mol. The molecule has 0 aliphatic heterocycles. The summed E-state index contributed by atoms with van der Waals surface area (Å²) in [6, 6.07) is 0. The maximum atomic E-state index is 12.9. The number of ether oxygens (including phenoxy) is 3. The minimum atomic E-state index is -0.535. The van der Waals surface area contributed by atoms with Gasteiger partial charge in [0.15, 0.2) is 6.10 Å². The molecule has 68 heavy (non-hydrogen) atoms. The molecule has 1 unspecified atom stereocenters. The first-order chi connectivity index (χ1) is 33.6. The lowest BCUT2D eigenvalue weighted by molar-refractivity contribution is -0.163. The van der Waals surface area contributed by atoms with Gasteiger partial charge < -0.3 is 14.2 Å². The second-order valence-electron chi connectivity index (χ2n) is 20.6. The zero-order valence-electron chi connectivity index (χ0n) is 46.1. The van der Waals surface area contributed by atoms with E-state index in [4.69, 9.17) is 14.2 Å². The molecule has 0 saturated heterocycles. The van der Waals surface area contributed by atoms with E-state index in [1.54, 1.807) is 0 Å². The fourth-order valence-corrected chi connectivity index (χ4v) is 9.18. The van der Waals surface area contributed by atoms with Gasteiger partial charge in [-0.05, 0) is 51.4 Å². The van der Waals surface area contributed by atoms with Crippen LogP contribution in [0, 0.1) is 0 Å². The molecule has 0 saturated carbocycles. The minimum absolute atomic E-state index is 0.0871. The Morgan fingerprint density at radius 3 is 1.06 bits per heavy atom. The first kappa shape index (κ1) is 66.1. The van der Waals surface area contributed by atoms with Crippen molar-refractivity contribution in [2.24, 2.45) is 0 Å². The molecule has 0 aromatic carbocycles. The predicted molar refractivity (Wildman–Crippen MR) is 298 cm³/mol. The van der Waals surface area contributed by atoms with Crippen LogP contribution in [0.15, 0.2) is 36.5 Å². The molecule has 0 aliphatic rings. The summed E-state index contributed by atoms with van der Waals surface area (Å²) in [7, 11) is 0. The molecule has 1 atom stereocenters. The highest BCUT2D eigenvalue weighted by Crippen LogP contribution is 2.17. The fourth-order valence-electron chi connectivity index (χ4n) is 9.18. The lowest BCUT2D eigenvalue weighted by atomic mass is 10.0. The Balaban J connectivity index is 4.23. The van der Waals surface area contributed by atoms with Crippen molar-refractivity contribution in [1.29, 1.82) is 0 Å². The highest BCUT2D eigenvalue weighted by Gasteiger charge is 2.18. The molecule has 400 valence electrons. The smallest absolute Gasteiger partial charge is 0.306 e. The summed E-state index contributed by atoms with van der Waals surface area (Å²) >= 11 is 0. The van der Waals surface area contributed by atoms with Gasteiger partial charge in [-0.3, -0.25) is 9.59 Å². The third-order valence-electron chi connectivity index (χ3n) is 13.7. The van der Waals surface area contributed by atoms with Gasteiger partial charge in [-0.2, -0.15) is 0 Å². The summed E-state index contributed by atoms with van der Waals surface area (Å²) in [5, 5.41) is 0. The van der Waals surface area contributed by atoms with Crippen LogP contribution in [0.3, 0.4) is 0 Å². The Hall–Kier alpha value is -1.88. The van der Waals surface area contributed by atoms with Crippen molar-refractivity contribution in [3.05, 3.63) is 36.5 Å². The van der Waals surface area contributed by atoms with Crippen LogP contribution in [0.25, 0.3) is 0 Å². The Bertz CT molecular complexity index is 1080. The number of carbonyl (C=O) groups is 2. The third-order valence-corrected chi connectivity index (χ3v) is 13.7. The van der Waals surface area contributed by atoms with E-state index in [1.807, 2.05) is 0 Å². The standard InChI is InChI=1S/C63H118O5/c1-4-7-10-13-16-19-22-25-28-31-34-37-40-43-46-49-52-55-58-66-59-61(68-63(65)57-54-51-48-45-42-39-36-33-30-27-24-21-18-15-12-9-6-3)60-67-62(64)56-53-50-47-44-41-38-35-32-29-26-23-20-17-14-11-8-5-2/h8,11,17,20,26,29,61H,4-7,9-10,12-16,18-19,21-25,27-28,30-60H2,1-3H3/b11-8-,20-17-,29-26-. The molecule has 0 spiro atoms. The molecule has 5 nitrogen and oxygen atoms in total. The van der Waals surface area contributed by atoms with Gasteiger partial charge >= 0.3 is 11.9 Å². The maximum absolute atomic E-state index is 12.9. The molecule has 5 heteroatoms. The van der Waals surface area contributed by atoms with Crippen LogP contribution in [0.4, 0.5) is 0 Å². The number of carbonyl (C=O) groups excluding carboxylic acids is 2. The lowest BCUT2D eigenvalue weighted by Gasteiger charge is -2.18. The second-order valence-corrected chi connectivity index (χ2v) is 20.6. The summed E-state index contributed by atoms with van der Waals surface area (Å²) in [5.41, 5.74) is 0. The number of allylic oxidation sites excluding steroid dienone is 6. The van der Waals surface area contributed by atoms with E-state index in [-0.39, 0.29) is 18.5 Å². The normalized spacial score (nSPS) is 12.3. The first-order valence-corrected chi connectivity index (χ1v) is 30.5. The van der Waals surface area contributed by atoms with E-state index in [2.05, 4.69) is 57.2 Å². The van der Waals surface area contributed by atoms with Crippen molar-refractivity contribution in [3.63, 3.8) is 0 Å². The molecule has 0 aromatic rings. The fraction of sp³-hybridized carbons (Fsp3) is 0.873. The Labute approximate surface area is 425 Å². The highest BCUT2D eigenvalue weighted by atomic mass is 16.6. The molecular weight excluding hydrogens is 837 g/mol. The lowest BCUT2D eigenvalue weighted by Crippen LogP contribution is -2.30. The summed E-state index contributed by atoms with van der Waals surface area (Å²) in [4.78, 5) is 25.6. The van der Waals surface area contributed by atoms with Gasteiger partial charge in [0, 0.05) is 19.4 Å². The van der Waals surface area contributed by atoms with Crippen LogP contribution in [0.5, 0.6) is 0 Å². The van der Waals surface area contributed by atoms with E-state index < -0.39 is 6.10 Å². The van der Waals surface area contributed by atoms with Crippen molar-refractivity contribution >= 4 is 11.9 Å². The first-order valence-electron chi connectivity index (χ1n) is 30.5. The topological polar surface area (TPSA) is 61.8 Å². The maximum Gasteiger partial charge on any atom is 0.306 e. The number of esters is 2. The van der Waals surface area contributed by atoms with Gasteiger partial charge in [-0.1, -0.05) is 301 Å². The van der Waals surface area contributed by atoms with Crippen molar-refractivity contribution in [2.75, 3.05) is 19.8 Å². The van der Waals surface area contributed by atoms with Crippen molar-refractivity contribution < 1.29 is 23.8 Å². The molecule has 0 heterocycles. The van der Waals surface area contributed by atoms with Gasteiger partial charge in [0.05, 0.1) is 6.61 Å². The van der Waals surface area contributed by atoms with E-state index in [0.717, 1.165) is 64.2 Å². The van der Waals surface area contributed by atoms with Gasteiger partial charge in [-0.25, -0.2) is 0 Å². The van der Waals surface area contributed by atoms with Crippen LogP contribution >= 0.6 is 0 Å². The summed E-state index contributed by atoms with van der Waals surface area (Å²) < 4.78 is 17.5. The Morgan fingerprint density at radius 1 is 0.338 bits per heavy atom. The van der Waals surface area contributed by atoms with E-state index in [9.17, 15) is 9.59 Å². The molecule has 0 rings (SSSR count). The zero-order valence-corrected chi connectivity index (χ0v) is 46.1. The third kappa shape index (κ3) is 56.7. The SMILES string of the molecule is CC/C=C\C/C=C\C/C=C\CCCCCCCCCC(=O)OCC(COCCCCCCCCCCCCCCCCCCCC)OC(=O)CCCCCCCCCCCCCCCCCCC. The van der Waals surface area contributed by atoms with Gasteiger partial charge in [-0.15, -0.1) is 0 Å². The molecule has 0 amide bonds. The molecule has 0 radical (unpaired) electrons. The van der Waals surface area contributed by atoms with E-state index in [1.165, 1.54) is 231 Å². The summed E-state index contributed by atoms with van der Waals surface area (Å²) in [6.45, 7) is 7.79. The van der Waals surface area contributed by atoms with Gasteiger partial charge in [0.25, 0.3) is 0 Å². The van der Waals surface area contributed by atoms with Crippen LogP contribution in [-0.4, -0.2) is 37.9 Å². The Morgan fingerprint density at radius 2 is 0.662 bits per heavy atom. The van der Waals surface area contributed by atoms with Crippen LogP contribution in [0.1, 0.15) is 329 Å². The molecule has 0 aliphatic carbocycles. The second kappa shape index (κ2) is 59.4. The van der Waals surface area contributed by atoms with Crippen molar-refractivity contribution in [2.45, 2.75) is 335 Å². The molecule has 0 fully saturated rings. The van der Waals surface area contributed by atoms with Crippen molar-refractivity contribution in [3.8, 4) is 0 Å². The van der Waals surface area contributed by atoms with E-state index >= 15 is 0 Å². The molecule has 0 bridgehead atoms. The zero-order chi connectivity index (χ0) is 49.2. The monoisotopic (exact) mass is 955 g/mol. The largest absolute Gasteiger partial charge is 0.462 e. The molecule has 0 aromatic heterocycles. The number of hydrogen-bond acceptors (Lipinski definition) is 5.